The monoisotopic (exact) mass is 276 g/mol. The summed E-state index contributed by atoms with van der Waals surface area (Å²) >= 11 is 0. The van der Waals surface area contributed by atoms with Crippen LogP contribution < -0.4 is 10.6 Å². The molecular formula is C16H18F2N2. The number of hydrogen-bond acceptors (Lipinski definition) is 2. The molecule has 2 aromatic carbocycles. The number of rotatable bonds is 4. The van der Waals surface area contributed by atoms with E-state index in [4.69, 9.17) is 5.73 Å². The van der Waals surface area contributed by atoms with Crippen molar-refractivity contribution in [3.63, 3.8) is 0 Å². The van der Waals surface area contributed by atoms with Gasteiger partial charge in [0.05, 0.1) is 0 Å². The maximum absolute atomic E-state index is 13.3. The Hall–Kier alpha value is -1.94. The number of nitrogens with two attached hydrogens (primary N) is 1. The van der Waals surface area contributed by atoms with Gasteiger partial charge in [0.1, 0.15) is 11.6 Å². The fourth-order valence-corrected chi connectivity index (χ4v) is 2.23. The highest BCUT2D eigenvalue weighted by Gasteiger charge is 2.12. The molecule has 4 heteroatoms. The van der Waals surface area contributed by atoms with E-state index in [9.17, 15) is 8.78 Å². The average Bonchev–Trinajstić information content (AvgIpc) is 2.38. The van der Waals surface area contributed by atoms with E-state index in [1.807, 2.05) is 24.9 Å². The van der Waals surface area contributed by atoms with Gasteiger partial charge in [-0.1, -0.05) is 12.1 Å². The molecule has 2 nitrogen and oxygen atoms in total. The van der Waals surface area contributed by atoms with Gasteiger partial charge < -0.3 is 10.6 Å². The van der Waals surface area contributed by atoms with Crippen LogP contribution in [-0.4, -0.2) is 7.05 Å². The summed E-state index contributed by atoms with van der Waals surface area (Å²) in [6.45, 7) is 2.34. The Morgan fingerprint density at radius 1 is 1.10 bits per heavy atom. The van der Waals surface area contributed by atoms with E-state index in [2.05, 4.69) is 0 Å². The molecule has 0 bridgehead atoms. The number of anilines is 1. The van der Waals surface area contributed by atoms with Crippen LogP contribution in [-0.2, 0) is 6.54 Å². The largest absolute Gasteiger partial charge is 0.370 e. The third-order valence-electron chi connectivity index (χ3n) is 3.20. The van der Waals surface area contributed by atoms with Crippen LogP contribution in [0.2, 0.25) is 0 Å². The van der Waals surface area contributed by atoms with Crippen molar-refractivity contribution < 1.29 is 8.78 Å². The molecule has 1 unspecified atom stereocenters. The highest BCUT2D eigenvalue weighted by atomic mass is 19.1. The molecular weight excluding hydrogens is 258 g/mol. The molecule has 0 spiro atoms. The van der Waals surface area contributed by atoms with Crippen LogP contribution >= 0.6 is 0 Å². The van der Waals surface area contributed by atoms with E-state index in [1.54, 1.807) is 12.1 Å². The van der Waals surface area contributed by atoms with Gasteiger partial charge in [0.25, 0.3) is 0 Å². The predicted molar refractivity (Wildman–Crippen MR) is 77.5 cm³/mol. The van der Waals surface area contributed by atoms with Gasteiger partial charge in [0, 0.05) is 25.3 Å². The number of hydrogen-bond donors (Lipinski definition) is 1. The Morgan fingerprint density at radius 3 is 2.45 bits per heavy atom. The zero-order valence-corrected chi connectivity index (χ0v) is 11.6. The smallest absolute Gasteiger partial charge is 0.123 e. The quantitative estimate of drug-likeness (QED) is 0.924. The zero-order chi connectivity index (χ0) is 14.7. The molecule has 106 valence electrons. The van der Waals surface area contributed by atoms with Crippen molar-refractivity contribution in [3.8, 4) is 0 Å². The van der Waals surface area contributed by atoms with Crippen LogP contribution in [0.3, 0.4) is 0 Å². The molecule has 0 fully saturated rings. The van der Waals surface area contributed by atoms with Crippen LogP contribution in [0.4, 0.5) is 14.5 Å². The van der Waals surface area contributed by atoms with E-state index in [0.717, 1.165) is 16.8 Å². The molecule has 0 aliphatic rings. The van der Waals surface area contributed by atoms with Crippen molar-refractivity contribution >= 4 is 5.69 Å². The van der Waals surface area contributed by atoms with Crippen molar-refractivity contribution in [2.24, 2.45) is 5.73 Å². The van der Waals surface area contributed by atoms with Gasteiger partial charge in [0.15, 0.2) is 0 Å². The minimum atomic E-state index is -0.305. The Balaban J connectivity index is 2.27. The molecule has 2 aromatic rings. The fraction of sp³-hybridized carbons (Fsp3) is 0.250. The lowest BCUT2D eigenvalue weighted by molar-refractivity contribution is 0.621. The molecule has 0 saturated carbocycles. The Bertz CT molecular complexity index is 597. The molecule has 0 radical (unpaired) electrons. The second-order valence-electron chi connectivity index (χ2n) is 4.98. The Labute approximate surface area is 117 Å². The summed E-state index contributed by atoms with van der Waals surface area (Å²) < 4.78 is 26.5. The topological polar surface area (TPSA) is 29.3 Å². The maximum atomic E-state index is 13.3. The van der Waals surface area contributed by atoms with E-state index < -0.39 is 0 Å². The Morgan fingerprint density at radius 2 is 1.80 bits per heavy atom. The van der Waals surface area contributed by atoms with Crippen molar-refractivity contribution in [3.05, 3.63) is 65.2 Å². The van der Waals surface area contributed by atoms with Crippen molar-refractivity contribution in [1.29, 1.82) is 0 Å². The van der Waals surface area contributed by atoms with Crippen molar-refractivity contribution in [1.82, 2.24) is 0 Å². The minimum Gasteiger partial charge on any atom is -0.370 e. The van der Waals surface area contributed by atoms with Gasteiger partial charge in [-0.3, -0.25) is 0 Å². The number of nitrogens with zero attached hydrogens (tertiary/aromatic N) is 1. The van der Waals surface area contributed by atoms with Gasteiger partial charge in [-0.15, -0.1) is 0 Å². The lowest BCUT2D eigenvalue weighted by Gasteiger charge is -2.24. The Kier molecular flexibility index (Phi) is 4.35. The van der Waals surface area contributed by atoms with Gasteiger partial charge >= 0.3 is 0 Å². The molecule has 2 N–H and O–H groups in total. The standard InChI is InChI=1S/C16H18F2N2/c1-11(19)15-9-14(18)6-7-16(15)20(2)10-12-4-3-5-13(17)8-12/h3-9,11H,10,19H2,1-2H3. The number of halogens is 2. The first kappa shape index (κ1) is 14.5. The number of benzene rings is 2. The highest BCUT2D eigenvalue weighted by molar-refractivity contribution is 5.54. The average molecular weight is 276 g/mol. The van der Waals surface area contributed by atoms with Crippen LogP contribution in [0.25, 0.3) is 0 Å². The van der Waals surface area contributed by atoms with Gasteiger partial charge in [-0.05, 0) is 48.4 Å². The summed E-state index contributed by atoms with van der Waals surface area (Å²) in [5.74, 6) is -0.567. The molecule has 20 heavy (non-hydrogen) atoms. The van der Waals surface area contributed by atoms with E-state index in [1.165, 1.54) is 24.3 Å². The van der Waals surface area contributed by atoms with Crippen LogP contribution in [0, 0.1) is 11.6 Å². The first-order chi connectivity index (χ1) is 9.47. The van der Waals surface area contributed by atoms with Crippen LogP contribution in [0.1, 0.15) is 24.1 Å². The lowest BCUT2D eigenvalue weighted by atomic mass is 10.1. The molecule has 0 saturated heterocycles. The van der Waals surface area contributed by atoms with E-state index in [-0.39, 0.29) is 17.7 Å². The first-order valence-corrected chi connectivity index (χ1v) is 6.48. The first-order valence-electron chi connectivity index (χ1n) is 6.48. The van der Waals surface area contributed by atoms with Crippen molar-refractivity contribution in [2.45, 2.75) is 19.5 Å². The highest BCUT2D eigenvalue weighted by Crippen LogP contribution is 2.26. The fourth-order valence-electron chi connectivity index (χ4n) is 2.23. The molecule has 2 rings (SSSR count). The summed E-state index contributed by atoms with van der Waals surface area (Å²) in [6.07, 6.45) is 0. The van der Waals surface area contributed by atoms with Crippen molar-refractivity contribution in [2.75, 3.05) is 11.9 Å². The summed E-state index contributed by atoms with van der Waals surface area (Å²) in [6, 6.07) is 10.7. The second kappa shape index (κ2) is 6.01. The molecule has 0 heterocycles. The molecule has 0 aliphatic heterocycles. The van der Waals surface area contributed by atoms with Crippen LogP contribution in [0.15, 0.2) is 42.5 Å². The molecule has 0 aromatic heterocycles. The normalized spacial score (nSPS) is 12.2. The van der Waals surface area contributed by atoms with E-state index in [0.29, 0.717) is 6.54 Å². The minimum absolute atomic E-state index is 0.262. The summed E-state index contributed by atoms with van der Waals surface area (Å²) in [4.78, 5) is 1.94. The van der Waals surface area contributed by atoms with Gasteiger partial charge in [0.2, 0.25) is 0 Å². The van der Waals surface area contributed by atoms with E-state index >= 15 is 0 Å². The summed E-state index contributed by atoms with van der Waals surface area (Å²) in [5, 5.41) is 0. The SMILES string of the molecule is CC(N)c1cc(F)ccc1N(C)Cc1cccc(F)c1. The van der Waals surface area contributed by atoms with Gasteiger partial charge in [-0.2, -0.15) is 0 Å². The molecule has 1 atom stereocenters. The van der Waals surface area contributed by atoms with Gasteiger partial charge in [-0.25, -0.2) is 8.78 Å². The third kappa shape index (κ3) is 3.33. The summed E-state index contributed by atoms with van der Waals surface area (Å²) in [5.41, 5.74) is 8.33. The summed E-state index contributed by atoms with van der Waals surface area (Å²) in [7, 11) is 1.88. The molecule has 0 aliphatic carbocycles. The second-order valence-corrected chi connectivity index (χ2v) is 4.98. The lowest BCUT2D eigenvalue weighted by Crippen LogP contribution is -2.20. The zero-order valence-electron chi connectivity index (χ0n) is 11.6. The molecule has 0 amide bonds. The van der Waals surface area contributed by atoms with Crippen LogP contribution in [0.5, 0.6) is 0 Å². The third-order valence-corrected chi connectivity index (χ3v) is 3.20. The maximum Gasteiger partial charge on any atom is 0.123 e. The predicted octanol–water partition coefficient (Wildman–Crippen LogP) is 3.62.